The first-order chi connectivity index (χ1) is 13.6. The molecular formula is C22H21BrN2OS2. The standard InChI is InChI=1S/C22H21BrN2OS2/c1-15-5-7-17(8-6-15)20(14-27-13-19-9-10-21(23)28-19)16(2)22(25-26)18-4-3-11-24-12-18/h3-10,12,14,22,24H,2,11,13H2,1H3/b20-14+. The highest BCUT2D eigenvalue weighted by molar-refractivity contribution is 9.11. The molecule has 1 aliphatic heterocycles. The van der Waals surface area contributed by atoms with Crippen LogP contribution in [0.2, 0.25) is 0 Å². The molecule has 0 bridgehead atoms. The van der Waals surface area contributed by atoms with Crippen LogP contribution in [0.3, 0.4) is 0 Å². The number of thioether (sulfide) groups is 1. The van der Waals surface area contributed by atoms with Crippen LogP contribution < -0.4 is 5.32 Å². The number of halogens is 1. The summed E-state index contributed by atoms with van der Waals surface area (Å²) in [6, 6.07) is 11.8. The van der Waals surface area contributed by atoms with Crippen LogP contribution in [0.15, 0.2) is 86.8 Å². The number of hydrogen-bond donors (Lipinski definition) is 1. The van der Waals surface area contributed by atoms with E-state index in [0.29, 0.717) is 5.57 Å². The number of nitroso groups, excluding NO2 is 1. The Bertz CT molecular complexity index is 942. The molecule has 1 aromatic carbocycles. The predicted octanol–water partition coefficient (Wildman–Crippen LogP) is 6.83. The van der Waals surface area contributed by atoms with E-state index in [9.17, 15) is 4.91 Å². The first kappa shape index (κ1) is 20.8. The highest BCUT2D eigenvalue weighted by Crippen LogP contribution is 2.34. The molecule has 6 heteroatoms. The summed E-state index contributed by atoms with van der Waals surface area (Å²) in [7, 11) is 0. The number of thiophene rings is 1. The average molecular weight is 473 g/mol. The molecule has 3 rings (SSSR count). The molecule has 1 atom stereocenters. The van der Waals surface area contributed by atoms with Crippen molar-refractivity contribution in [3.8, 4) is 0 Å². The minimum atomic E-state index is -0.618. The van der Waals surface area contributed by atoms with Crippen molar-refractivity contribution in [2.75, 3.05) is 6.54 Å². The Kier molecular flexibility index (Phi) is 7.48. The second-order valence-electron chi connectivity index (χ2n) is 6.40. The number of nitrogens with one attached hydrogen (secondary N) is 1. The zero-order valence-electron chi connectivity index (χ0n) is 15.5. The molecule has 1 aliphatic rings. The number of benzene rings is 1. The zero-order valence-corrected chi connectivity index (χ0v) is 18.7. The lowest BCUT2D eigenvalue weighted by atomic mass is 9.90. The van der Waals surface area contributed by atoms with E-state index in [0.717, 1.165) is 32.8 Å². The van der Waals surface area contributed by atoms with Gasteiger partial charge in [0.05, 0.1) is 3.79 Å². The topological polar surface area (TPSA) is 41.5 Å². The first-order valence-corrected chi connectivity index (χ1v) is 11.5. The summed E-state index contributed by atoms with van der Waals surface area (Å²) in [5.74, 6) is 0.863. The van der Waals surface area contributed by atoms with E-state index in [2.05, 4.69) is 81.7 Å². The Morgan fingerprint density at radius 1 is 1.36 bits per heavy atom. The highest BCUT2D eigenvalue weighted by atomic mass is 79.9. The monoisotopic (exact) mass is 472 g/mol. The second kappa shape index (κ2) is 10.0. The third-order valence-corrected chi connectivity index (χ3v) is 7.02. The Labute approximate surface area is 182 Å². The average Bonchev–Trinajstić information content (AvgIpc) is 3.12. The maximum absolute atomic E-state index is 11.7. The normalized spacial score (nSPS) is 14.9. The Balaban J connectivity index is 1.87. The molecule has 144 valence electrons. The van der Waals surface area contributed by atoms with E-state index >= 15 is 0 Å². The number of nitrogens with zero attached hydrogens (tertiary/aromatic N) is 1. The SMILES string of the molecule is C=C(/C(=C\SCc1ccc(Br)s1)c1ccc(C)cc1)C(N=O)C1=CNCC=C1. The van der Waals surface area contributed by atoms with Gasteiger partial charge in [0.15, 0.2) is 0 Å². The molecule has 1 N–H and O–H groups in total. The highest BCUT2D eigenvalue weighted by Gasteiger charge is 2.22. The number of dihydropyridines is 1. The van der Waals surface area contributed by atoms with Crippen molar-refractivity contribution in [3.63, 3.8) is 0 Å². The molecule has 0 saturated carbocycles. The van der Waals surface area contributed by atoms with Crippen molar-refractivity contribution in [1.82, 2.24) is 5.32 Å². The van der Waals surface area contributed by atoms with Crippen molar-refractivity contribution in [3.05, 3.63) is 103 Å². The van der Waals surface area contributed by atoms with E-state index in [1.165, 1.54) is 10.4 Å². The maximum atomic E-state index is 11.7. The Morgan fingerprint density at radius 3 is 2.75 bits per heavy atom. The molecule has 0 spiro atoms. The third kappa shape index (κ3) is 5.34. The van der Waals surface area contributed by atoms with Crippen LogP contribution in [0.4, 0.5) is 0 Å². The summed E-state index contributed by atoms with van der Waals surface area (Å²) in [6.07, 6.45) is 5.77. The predicted molar refractivity (Wildman–Crippen MR) is 126 cm³/mol. The molecule has 3 nitrogen and oxygen atoms in total. The number of hydrogen-bond acceptors (Lipinski definition) is 5. The van der Waals surface area contributed by atoms with Gasteiger partial charge in [0.1, 0.15) is 6.04 Å². The minimum absolute atomic E-state index is 0.618. The molecular weight excluding hydrogens is 452 g/mol. The molecule has 1 unspecified atom stereocenters. The van der Waals surface area contributed by atoms with Gasteiger partial charge < -0.3 is 5.32 Å². The minimum Gasteiger partial charge on any atom is -0.387 e. The van der Waals surface area contributed by atoms with Gasteiger partial charge in [-0.15, -0.1) is 28.0 Å². The van der Waals surface area contributed by atoms with Gasteiger partial charge in [-0.25, -0.2) is 0 Å². The second-order valence-corrected chi connectivity index (χ2v) is 9.81. The summed E-state index contributed by atoms with van der Waals surface area (Å²) < 4.78 is 1.13. The lowest BCUT2D eigenvalue weighted by Gasteiger charge is -2.19. The summed E-state index contributed by atoms with van der Waals surface area (Å²) in [5.41, 5.74) is 4.72. The molecule has 28 heavy (non-hydrogen) atoms. The van der Waals surface area contributed by atoms with E-state index in [1.54, 1.807) is 23.1 Å². The molecule has 2 heterocycles. The van der Waals surface area contributed by atoms with Gasteiger partial charge in [0.2, 0.25) is 0 Å². The van der Waals surface area contributed by atoms with E-state index in [1.807, 2.05) is 18.4 Å². The fraction of sp³-hybridized carbons (Fsp3) is 0.182. The zero-order chi connectivity index (χ0) is 19.9. The van der Waals surface area contributed by atoms with E-state index in [4.69, 9.17) is 0 Å². The fourth-order valence-corrected chi connectivity index (χ4v) is 5.35. The van der Waals surface area contributed by atoms with Crippen molar-refractivity contribution >= 4 is 44.6 Å². The number of aryl methyl sites for hydroxylation is 1. The molecule has 1 aromatic heterocycles. The molecule has 0 saturated heterocycles. The van der Waals surface area contributed by atoms with Crippen LogP contribution in [-0.4, -0.2) is 12.6 Å². The lowest BCUT2D eigenvalue weighted by molar-refractivity contribution is 0.873. The lowest BCUT2D eigenvalue weighted by Crippen LogP contribution is -2.18. The van der Waals surface area contributed by atoms with E-state index < -0.39 is 6.04 Å². The van der Waals surface area contributed by atoms with Gasteiger partial charge in [-0.05, 0) is 62.7 Å². The number of rotatable bonds is 8. The Morgan fingerprint density at radius 2 is 2.14 bits per heavy atom. The van der Waals surface area contributed by atoms with Gasteiger partial charge in [0, 0.05) is 23.4 Å². The van der Waals surface area contributed by atoms with Crippen molar-refractivity contribution < 1.29 is 0 Å². The van der Waals surface area contributed by atoms with Crippen LogP contribution in [-0.2, 0) is 5.75 Å². The maximum Gasteiger partial charge on any atom is 0.143 e. The van der Waals surface area contributed by atoms with Gasteiger partial charge in [0.25, 0.3) is 0 Å². The molecule has 0 aliphatic carbocycles. The largest absolute Gasteiger partial charge is 0.387 e. The summed E-state index contributed by atoms with van der Waals surface area (Å²) in [5, 5.41) is 8.62. The first-order valence-electron chi connectivity index (χ1n) is 8.83. The van der Waals surface area contributed by atoms with Gasteiger partial charge in [-0.2, -0.15) is 0 Å². The van der Waals surface area contributed by atoms with Crippen molar-refractivity contribution in [2.45, 2.75) is 18.7 Å². The van der Waals surface area contributed by atoms with Gasteiger partial charge in [-0.1, -0.05) is 53.7 Å². The van der Waals surface area contributed by atoms with Crippen LogP contribution in [0, 0.1) is 11.8 Å². The summed E-state index contributed by atoms with van der Waals surface area (Å²) in [6.45, 7) is 7.07. The van der Waals surface area contributed by atoms with Gasteiger partial charge >= 0.3 is 0 Å². The van der Waals surface area contributed by atoms with E-state index in [-0.39, 0.29) is 0 Å². The fourth-order valence-electron chi connectivity index (χ4n) is 2.83. The van der Waals surface area contributed by atoms with Crippen LogP contribution in [0.5, 0.6) is 0 Å². The summed E-state index contributed by atoms with van der Waals surface area (Å²) >= 11 is 6.93. The molecule has 0 amide bonds. The summed E-state index contributed by atoms with van der Waals surface area (Å²) in [4.78, 5) is 13.0. The smallest absolute Gasteiger partial charge is 0.143 e. The molecule has 2 aromatic rings. The molecule has 0 radical (unpaired) electrons. The Hall–Kier alpha value is -1.89. The van der Waals surface area contributed by atoms with Crippen molar-refractivity contribution in [1.29, 1.82) is 0 Å². The molecule has 0 fully saturated rings. The van der Waals surface area contributed by atoms with Crippen molar-refractivity contribution in [2.24, 2.45) is 5.18 Å². The van der Waals surface area contributed by atoms with Crippen LogP contribution in [0.1, 0.15) is 16.0 Å². The van der Waals surface area contributed by atoms with Gasteiger partial charge in [-0.3, -0.25) is 0 Å². The quantitative estimate of drug-likeness (QED) is 0.338. The van der Waals surface area contributed by atoms with Crippen LogP contribution in [0.25, 0.3) is 5.57 Å². The van der Waals surface area contributed by atoms with Crippen LogP contribution >= 0.6 is 39.0 Å². The third-order valence-electron chi connectivity index (χ3n) is 4.33.